The van der Waals surface area contributed by atoms with Gasteiger partial charge in [-0.2, -0.15) is 0 Å². The van der Waals surface area contributed by atoms with E-state index >= 15 is 0 Å². The number of nitrogens with zero attached hydrogens (tertiary/aromatic N) is 3. The average molecular weight is 338 g/mol. The topological polar surface area (TPSA) is 67.3 Å². The lowest BCUT2D eigenvalue weighted by molar-refractivity contribution is 0.0924. The molecule has 25 heavy (non-hydrogen) atoms. The van der Waals surface area contributed by atoms with Crippen LogP contribution in [0.1, 0.15) is 41.7 Å². The maximum absolute atomic E-state index is 12.6. The molecule has 0 bridgehead atoms. The van der Waals surface area contributed by atoms with Crippen LogP contribution in [0.2, 0.25) is 0 Å². The van der Waals surface area contributed by atoms with E-state index in [0.29, 0.717) is 5.69 Å². The number of nitrogens with one attached hydrogen (secondary N) is 1. The van der Waals surface area contributed by atoms with E-state index in [0.717, 1.165) is 43.1 Å². The van der Waals surface area contributed by atoms with E-state index in [4.69, 9.17) is 4.74 Å². The first kappa shape index (κ1) is 15.9. The van der Waals surface area contributed by atoms with Gasteiger partial charge in [-0.3, -0.25) is 4.79 Å². The molecule has 0 unspecified atom stereocenters. The monoisotopic (exact) mass is 338 g/mol. The highest BCUT2D eigenvalue weighted by molar-refractivity contribution is 5.93. The van der Waals surface area contributed by atoms with Gasteiger partial charge in [0.2, 0.25) is 0 Å². The largest absolute Gasteiger partial charge is 0.497 e. The number of hydrogen-bond donors (Lipinski definition) is 1. The van der Waals surface area contributed by atoms with Crippen molar-refractivity contribution in [2.75, 3.05) is 25.1 Å². The molecule has 6 nitrogen and oxygen atoms in total. The lowest BCUT2D eigenvalue weighted by Gasteiger charge is -2.18. The van der Waals surface area contributed by atoms with Crippen LogP contribution in [-0.4, -0.2) is 36.3 Å². The van der Waals surface area contributed by atoms with Crippen molar-refractivity contribution >= 4 is 11.7 Å². The summed E-state index contributed by atoms with van der Waals surface area (Å²) >= 11 is 0. The van der Waals surface area contributed by atoms with E-state index < -0.39 is 0 Å². The van der Waals surface area contributed by atoms with Crippen LogP contribution in [0.25, 0.3) is 0 Å². The van der Waals surface area contributed by atoms with Gasteiger partial charge in [0.15, 0.2) is 11.5 Å². The van der Waals surface area contributed by atoms with Crippen LogP contribution >= 0.6 is 0 Å². The average Bonchev–Trinajstić information content (AvgIpc) is 3.23. The fraction of sp³-hybridized carbons (Fsp3) is 0.421. The highest BCUT2D eigenvalue weighted by Crippen LogP contribution is 2.46. The lowest BCUT2D eigenvalue weighted by Crippen LogP contribution is -2.35. The highest BCUT2D eigenvalue weighted by Gasteiger charge is 2.46. The molecule has 1 saturated heterocycles. The van der Waals surface area contributed by atoms with Gasteiger partial charge in [0.05, 0.1) is 12.6 Å². The summed E-state index contributed by atoms with van der Waals surface area (Å²) in [7, 11) is 1.65. The maximum atomic E-state index is 12.6. The van der Waals surface area contributed by atoms with Crippen LogP contribution < -0.4 is 15.0 Å². The first-order valence-corrected chi connectivity index (χ1v) is 8.76. The molecule has 0 radical (unpaired) electrons. The predicted octanol–water partition coefficient (Wildman–Crippen LogP) is 2.50. The first-order chi connectivity index (χ1) is 12.2. The minimum Gasteiger partial charge on any atom is -0.497 e. The third kappa shape index (κ3) is 3.16. The van der Waals surface area contributed by atoms with Gasteiger partial charge in [-0.1, -0.05) is 12.1 Å². The summed E-state index contributed by atoms with van der Waals surface area (Å²) in [6.45, 7) is 2.03. The number of rotatable bonds is 5. The zero-order valence-corrected chi connectivity index (χ0v) is 14.4. The number of anilines is 1. The Hall–Kier alpha value is -2.63. The number of methoxy groups -OCH3 is 1. The van der Waals surface area contributed by atoms with Crippen LogP contribution in [0.4, 0.5) is 5.82 Å². The van der Waals surface area contributed by atoms with E-state index in [-0.39, 0.29) is 11.4 Å². The number of benzene rings is 1. The Kier molecular flexibility index (Phi) is 4.03. The van der Waals surface area contributed by atoms with Crippen molar-refractivity contribution in [3.8, 4) is 5.75 Å². The summed E-state index contributed by atoms with van der Waals surface area (Å²) in [6.07, 6.45) is 4.25. The maximum Gasteiger partial charge on any atom is 0.272 e. The number of hydrogen-bond acceptors (Lipinski definition) is 5. The van der Waals surface area contributed by atoms with Crippen molar-refractivity contribution in [3.05, 3.63) is 47.7 Å². The second kappa shape index (κ2) is 6.35. The third-order valence-corrected chi connectivity index (χ3v) is 5.06. The van der Waals surface area contributed by atoms with Gasteiger partial charge in [-0.25, -0.2) is 0 Å². The molecule has 1 N–H and O–H groups in total. The van der Waals surface area contributed by atoms with Crippen molar-refractivity contribution in [1.29, 1.82) is 0 Å². The van der Waals surface area contributed by atoms with Gasteiger partial charge in [0.25, 0.3) is 5.91 Å². The summed E-state index contributed by atoms with van der Waals surface area (Å²) in [5, 5.41) is 11.5. The highest BCUT2D eigenvalue weighted by atomic mass is 16.5. The molecule has 6 heteroatoms. The van der Waals surface area contributed by atoms with Crippen molar-refractivity contribution < 1.29 is 9.53 Å². The molecule has 0 atom stereocenters. The quantitative estimate of drug-likeness (QED) is 0.907. The molecule has 2 aromatic rings. The minimum absolute atomic E-state index is 0.172. The normalized spacial score (nSPS) is 18.0. The van der Waals surface area contributed by atoms with Crippen molar-refractivity contribution in [3.63, 3.8) is 0 Å². The molecule has 2 fully saturated rings. The zero-order chi connectivity index (χ0) is 17.3. The Morgan fingerprint density at radius 1 is 1.08 bits per heavy atom. The Balaban J connectivity index is 1.45. The fourth-order valence-corrected chi connectivity index (χ4v) is 3.36. The van der Waals surface area contributed by atoms with E-state index in [1.807, 2.05) is 30.3 Å². The number of carbonyl (C=O) groups is 1. The standard InChI is InChI=1S/C19H22N4O2/c1-25-15-6-4-14(5-7-15)19(10-11-19)20-18(24)16-8-9-17(22-21-16)23-12-2-3-13-23/h4-9H,2-3,10-13H2,1H3,(H,20,24). The van der Waals surface area contributed by atoms with E-state index in [2.05, 4.69) is 20.4 Å². The first-order valence-electron chi connectivity index (χ1n) is 8.76. The van der Waals surface area contributed by atoms with Gasteiger partial charge in [-0.05, 0) is 55.5 Å². The molecular weight excluding hydrogens is 316 g/mol. The molecule has 1 aromatic heterocycles. The van der Waals surface area contributed by atoms with Gasteiger partial charge in [0, 0.05) is 13.1 Å². The molecule has 1 amide bonds. The summed E-state index contributed by atoms with van der Waals surface area (Å²) in [5.41, 5.74) is 1.18. The Morgan fingerprint density at radius 3 is 2.36 bits per heavy atom. The van der Waals surface area contributed by atoms with Gasteiger partial charge >= 0.3 is 0 Å². The van der Waals surface area contributed by atoms with Crippen LogP contribution in [0.5, 0.6) is 5.75 Å². The summed E-state index contributed by atoms with van der Waals surface area (Å²) in [5.74, 6) is 1.49. The van der Waals surface area contributed by atoms with Crippen LogP contribution in [0, 0.1) is 0 Å². The Bertz CT molecular complexity index is 748. The third-order valence-electron chi connectivity index (χ3n) is 5.06. The smallest absolute Gasteiger partial charge is 0.272 e. The van der Waals surface area contributed by atoms with E-state index in [9.17, 15) is 4.79 Å². The molecule has 130 valence electrons. The number of aromatic nitrogens is 2. The molecule has 2 aliphatic rings. The van der Waals surface area contributed by atoms with Gasteiger partial charge < -0.3 is 15.0 Å². The zero-order valence-electron chi connectivity index (χ0n) is 14.4. The molecular formula is C19H22N4O2. The van der Waals surface area contributed by atoms with Crippen LogP contribution in [0.15, 0.2) is 36.4 Å². The fourth-order valence-electron chi connectivity index (χ4n) is 3.36. The molecule has 2 heterocycles. The minimum atomic E-state index is -0.279. The molecule has 1 aliphatic carbocycles. The molecule has 1 aliphatic heterocycles. The number of ether oxygens (including phenoxy) is 1. The van der Waals surface area contributed by atoms with Crippen molar-refractivity contribution in [1.82, 2.24) is 15.5 Å². The predicted molar refractivity (Wildman–Crippen MR) is 94.9 cm³/mol. The summed E-state index contributed by atoms with van der Waals surface area (Å²) in [6, 6.07) is 11.5. The molecule has 4 rings (SSSR count). The lowest BCUT2D eigenvalue weighted by atomic mass is 10.0. The number of amides is 1. The molecule has 1 saturated carbocycles. The Morgan fingerprint density at radius 2 is 1.80 bits per heavy atom. The number of carbonyl (C=O) groups excluding carboxylic acids is 1. The van der Waals surface area contributed by atoms with Crippen LogP contribution in [-0.2, 0) is 5.54 Å². The summed E-state index contributed by atoms with van der Waals surface area (Å²) < 4.78 is 5.20. The van der Waals surface area contributed by atoms with E-state index in [1.54, 1.807) is 13.2 Å². The van der Waals surface area contributed by atoms with Crippen molar-refractivity contribution in [2.24, 2.45) is 0 Å². The van der Waals surface area contributed by atoms with Gasteiger partial charge in [-0.15, -0.1) is 10.2 Å². The second-order valence-corrected chi connectivity index (χ2v) is 6.74. The molecule has 0 spiro atoms. The van der Waals surface area contributed by atoms with Gasteiger partial charge in [0.1, 0.15) is 5.75 Å². The van der Waals surface area contributed by atoms with Crippen LogP contribution in [0.3, 0.4) is 0 Å². The van der Waals surface area contributed by atoms with E-state index in [1.165, 1.54) is 12.8 Å². The molecule has 1 aromatic carbocycles. The second-order valence-electron chi connectivity index (χ2n) is 6.74. The Labute approximate surface area is 147 Å². The summed E-state index contributed by atoms with van der Waals surface area (Å²) in [4.78, 5) is 14.8. The SMILES string of the molecule is COc1ccc(C2(NC(=O)c3ccc(N4CCCC4)nn3)CC2)cc1. The van der Waals surface area contributed by atoms with Crippen molar-refractivity contribution in [2.45, 2.75) is 31.2 Å².